The molecule has 1 saturated heterocycles. The van der Waals surface area contributed by atoms with Crippen molar-refractivity contribution in [3.8, 4) is 11.5 Å². The van der Waals surface area contributed by atoms with Crippen LogP contribution in [0.3, 0.4) is 0 Å². The van der Waals surface area contributed by atoms with Gasteiger partial charge in [0.25, 0.3) is 11.7 Å². The zero-order chi connectivity index (χ0) is 23.5. The Morgan fingerprint density at radius 1 is 1.21 bits per heavy atom. The molecule has 7 heteroatoms. The van der Waals surface area contributed by atoms with Gasteiger partial charge in [-0.1, -0.05) is 19.1 Å². The summed E-state index contributed by atoms with van der Waals surface area (Å²) in [6, 6.07) is 12.1. The van der Waals surface area contributed by atoms with Gasteiger partial charge in [-0.25, -0.2) is 0 Å². The highest BCUT2D eigenvalue weighted by Gasteiger charge is 2.46. The van der Waals surface area contributed by atoms with Crippen LogP contribution in [0.5, 0.6) is 11.5 Å². The zero-order valence-electron chi connectivity index (χ0n) is 19.3. The second kappa shape index (κ2) is 9.67. The Morgan fingerprint density at radius 3 is 2.79 bits per heavy atom. The highest BCUT2D eigenvalue weighted by atomic mass is 16.5. The van der Waals surface area contributed by atoms with E-state index in [4.69, 9.17) is 9.47 Å². The maximum atomic E-state index is 13.2. The predicted octanol–water partition coefficient (Wildman–Crippen LogP) is 3.39. The lowest BCUT2D eigenvalue weighted by Gasteiger charge is -2.27. The zero-order valence-corrected chi connectivity index (χ0v) is 19.3. The van der Waals surface area contributed by atoms with E-state index >= 15 is 0 Å². The van der Waals surface area contributed by atoms with Crippen molar-refractivity contribution < 1.29 is 24.2 Å². The standard InChI is InChI=1S/C26H30N2O5/c1-4-13-32-20-7-5-6-18(16-20)23-22(25(30)26(31)28(23)12-11-27(2)3)24(29)19-8-9-21-17(15-19)10-14-33-21/h5-9,15-16,23,29H,4,10-14H2,1-3H3/b24-22-. The Bertz CT molecular complexity index is 1090. The van der Waals surface area contributed by atoms with E-state index in [1.54, 1.807) is 17.0 Å². The van der Waals surface area contributed by atoms with Crippen LogP contribution < -0.4 is 9.47 Å². The first-order valence-corrected chi connectivity index (χ1v) is 11.3. The maximum absolute atomic E-state index is 13.2. The summed E-state index contributed by atoms with van der Waals surface area (Å²) in [5.41, 5.74) is 2.32. The van der Waals surface area contributed by atoms with Crippen molar-refractivity contribution in [3.63, 3.8) is 0 Å². The van der Waals surface area contributed by atoms with Gasteiger partial charge in [0.05, 0.1) is 24.8 Å². The van der Waals surface area contributed by atoms with Crippen LogP contribution >= 0.6 is 0 Å². The van der Waals surface area contributed by atoms with Gasteiger partial charge in [0.15, 0.2) is 0 Å². The quantitative estimate of drug-likeness (QED) is 0.377. The number of aliphatic hydroxyl groups is 1. The number of carbonyl (C=O) groups excluding carboxylic acids is 2. The van der Waals surface area contributed by atoms with E-state index in [1.807, 2.05) is 56.3 Å². The maximum Gasteiger partial charge on any atom is 0.295 e. The number of ketones is 1. The smallest absolute Gasteiger partial charge is 0.295 e. The van der Waals surface area contributed by atoms with E-state index in [2.05, 4.69) is 0 Å². The molecule has 2 aromatic rings. The molecular formula is C26H30N2O5. The number of likely N-dealkylation sites (N-methyl/N-ethyl adjacent to an activating group) is 1. The summed E-state index contributed by atoms with van der Waals surface area (Å²) < 4.78 is 11.3. The Balaban J connectivity index is 1.80. The number of Topliss-reactive ketones (excluding diaryl/α,β-unsaturated/α-hetero) is 1. The molecule has 4 rings (SSSR count). The highest BCUT2D eigenvalue weighted by molar-refractivity contribution is 6.46. The van der Waals surface area contributed by atoms with Crippen molar-refractivity contribution in [3.05, 3.63) is 64.7 Å². The largest absolute Gasteiger partial charge is 0.507 e. The molecule has 0 aliphatic carbocycles. The van der Waals surface area contributed by atoms with Gasteiger partial charge >= 0.3 is 0 Å². The molecule has 0 radical (unpaired) electrons. The summed E-state index contributed by atoms with van der Waals surface area (Å²) in [7, 11) is 3.83. The Labute approximate surface area is 194 Å². The Kier molecular flexibility index (Phi) is 6.70. The molecule has 1 fully saturated rings. The van der Waals surface area contributed by atoms with Crippen LogP contribution in [0, 0.1) is 0 Å². The molecule has 1 amide bonds. The summed E-state index contributed by atoms with van der Waals surface area (Å²) in [6.45, 7) is 4.14. The van der Waals surface area contributed by atoms with E-state index in [1.165, 1.54) is 0 Å². The molecule has 2 heterocycles. The molecule has 174 valence electrons. The minimum atomic E-state index is -0.695. The third-order valence-electron chi connectivity index (χ3n) is 5.94. The van der Waals surface area contributed by atoms with Gasteiger partial charge in [0.1, 0.15) is 17.3 Å². The number of nitrogens with zero attached hydrogens (tertiary/aromatic N) is 2. The first-order chi connectivity index (χ1) is 15.9. The molecule has 0 saturated carbocycles. The molecule has 2 aromatic carbocycles. The van der Waals surface area contributed by atoms with Crippen LogP contribution in [0.4, 0.5) is 0 Å². The van der Waals surface area contributed by atoms with Crippen LogP contribution in [0.25, 0.3) is 5.76 Å². The molecule has 1 unspecified atom stereocenters. The average Bonchev–Trinajstić information content (AvgIpc) is 3.38. The summed E-state index contributed by atoms with van der Waals surface area (Å²) >= 11 is 0. The van der Waals surface area contributed by atoms with E-state index < -0.39 is 17.7 Å². The number of carbonyl (C=O) groups is 2. The van der Waals surface area contributed by atoms with Gasteiger partial charge in [-0.05, 0) is 62.0 Å². The van der Waals surface area contributed by atoms with Crippen molar-refractivity contribution in [2.75, 3.05) is 40.4 Å². The molecule has 1 N–H and O–H groups in total. The Morgan fingerprint density at radius 2 is 2.03 bits per heavy atom. The number of hydrogen-bond donors (Lipinski definition) is 1. The molecule has 7 nitrogen and oxygen atoms in total. The monoisotopic (exact) mass is 450 g/mol. The van der Waals surface area contributed by atoms with Gasteiger partial charge in [-0.2, -0.15) is 0 Å². The number of hydrogen-bond acceptors (Lipinski definition) is 6. The van der Waals surface area contributed by atoms with E-state index in [-0.39, 0.29) is 11.3 Å². The molecule has 0 aromatic heterocycles. The van der Waals surface area contributed by atoms with Crippen molar-refractivity contribution in [2.45, 2.75) is 25.8 Å². The third-order valence-corrected chi connectivity index (χ3v) is 5.94. The molecular weight excluding hydrogens is 420 g/mol. The number of rotatable bonds is 8. The molecule has 2 aliphatic heterocycles. The lowest BCUT2D eigenvalue weighted by Crippen LogP contribution is -2.35. The van der Waals surface area contributed by atoms with Gasteiger partial charge in [-0.15, -0.1) is 0 Å². The fourth-order valence-electron chi connectivity index (χ4n) is 4.25. The topological polar surface area (TPSA) is 79.3 Å². The van der Waals surface area contributed by atoms with E-state index in [9.17, 15) is 14.7 Å². The summed E-state index contributed by atoms with van der Waals surface area (Å²) in [4.78, 5) is 29.7. The summed E-state index contributed by atoms with van der Waals surface area (Å²) in [5, 5.41) is 11.3. The number of fused-ring (bicyclic) bond motifs is 1. The van der Waals surface area contributed by atoms with Crippen LogP contribution in [0.2, 0.25) is 0 Å². The van der Waals surface area contributed by atoms with Crippen molar-refractivity contribution in [1.29, 1.82) is 0 Å². The minimum absolute atomic E-state index is 0.102. The van der Waals surface area contributed by atoms with Crippen molar-refractivity contribution in [2.24, 2.45) is 0 Å². The molecule has 0 spiro atoms. The normalized spacial score (nSPS) is 19.2. The van der Waals surface area contributed by atoms with Crippen LogP contribution in [-0.2, 0) is 16.0 Å². The fraction of sp³-hybridized carbons (Fsp3) is 0.385. The predicted molar refractivity (Wildman–Crippen MR) is 125 cm³/mol. The van der Waals surface area contributed by atoms with Crippen molar-refractivity contribution >= 4 is 17.4 Å². The first kappa shape index (κ1) is 22.9. The number of aliphatic hydroxyl groups excluding tert-OH is 1. The lowest BCUT2D eigenvalue weighted by atomic mass is 9.94. The second-order valence-electron chi connectivity index (χ2n) is 8.64. The molecule has 2 aliphatic rings. The number of benzene rings is 2. The third kappa shape index (κ3) is 4.59. The summed E-state index contributed by atoms with van der Waals surface area (Å²) in [5.74, 6) is 0.0125. The molecule has 1 atom stereocenters. The minimum Gasteiger partial charge on any atom is -0.507 e. The summed E-state index contributed by atoms with van der Waals surface area (Å²) in [6.07, 6.45) is 1.61. The first-order valence-electron chi connectivity index (χ1n) is 11.3. The average molecular weight is 451 g/mol. The van der Waals surface area contributed by atoms with Crippen LogP contribution in [-0.4, -0.2) is 67.0 Å². The van der Waals surface area contributed by atoms with E-state index in [0.717, 1.165) is 29.7 Å². The van der Waals surface area contributed by atoms with Crippen LogP contribution in [0.1, 0.15) is 36.1 Å². The molecule has 33 heavy (non-hydrogen) atoms. The molecule has 0 bridgehead atoms. The van der Waals surface area contributed by atoms with Gasteiger partial charge in [-0.3, -0.25) is 9.59 Å². The lowest BCUT2D eigenvalue weighted by molar-refractivity contribution is -0.140. The fourth-order valence-corrected chi connectivity index (χ4v) is 4.25. The Hall–Kier alpha value is -3.32. The second-order valence-corrected chi connectivity index (χ2v) is 8.64. The van der Waals surface area contributed by atoms with Crippen molar-refractivity contribution in [1.82, 2.24) is 9.80 Å². The van der Waals surface area contributed by atoms with Gasteiger partial charge in [0, 0.05) is 25.1 Å². The van der Waals surface area contributed by atoms with Gasteiger partial charge < -0.3 is 24.4 Å². The van der Waals surface area contributed by atoms with E-state index in [0.29, 0.717) is 37.6 Å². The van der Waals surface area contributed by atoms with Crippen LogP contribution in [0.15, 0.2) is 48.0 Å². The highest BCUT2D eigenvalue weighted by Crippen LogP contribution is 2.41. The number of amides is 1. The number of likely N-dealkylation sites (tertiary alicyclic amines) is 1. The SMILES string of the molecule is CCCOc1cccc(C2/C(=C(/O)c3ccc4c(c3)CCO4)C(=O)C(=O)N2CCN(C)C)c1. The number of ether oxygens (including phenoxy) is 2. The van der Waals surface area contributed by atoms with Gasteiger partial charge in [0.2, 0.25) is 0 Å².